The quantitative estimate of drug-likeness (QED) is 0.910. The molecule has 0 unspecified atom stereocenters. The van der Waals surface area contributed by atoms with Gasteiger partial charge in [0.1, 0.15) is 11.6 Å². The maximum Gasteiger partial charge on any atom is 0.226 e. The van der Waals surface area contributed by atoms with Gasteiger partial charge in [0.05, 0.1) is 11.5 Å². The van der Waals surface area contributed by atoms with Crippen molar-refractivity contribution in [1.29, 1.82) is 0 Å². The van der Waals surface area contributed by atoms with Gasteiger partial charge in [-0.05, 0) is 54.7 Å². The van der Waals surface area contributed by atoms with Crippen LogP contribution in [0.3, 0.4) is 0 Å². The average Bonchev–Trinajstić information content (AvgIpc) is 3.00. The van der Waals surface area contributed by atoms with Gasteiger partial charge in [-0.3, -0.25) is 9.69 Å². The number of carbonyl (C=O) groups is 1. The van der Waals surface area contributed by atoms with E-state index in [0.717, 1.165) is 50.0 Å². The van der Waals surface area contributed by atoms with E-state index in [2.05, 4.69) is 10.2 Å². The van der Waals surface area contributed by atoms with Crippen LogP contribution in [0, 0.1) is 17.0 Å². The van der Waals surface area contributed by atoms with E-state index in [1.165, 1.54) is 24.3 Å². The van der Waals surface area contributed by atoms with Gasteiger partial charge in [-0.15, -0.1) is 0 Å². The number of piperidine rings is 1. The van der Waals surface area contributed by atoms with E-state index in [9.17, 15) is 13.6 Å². The second-order valence-electron chi connectivity index (χ2n) is 7.33. The van der Waals surface area contributed by atoms with Gasteiger partial charge < -0.3 is 5.32 Å². The third-order valence-electron chi connectivity index (χ3n) is 5.86. The Morgan fingerprint density at radius 3 is 1.77 bits per heavy atom. The van der Waals surface area contributed by atoms with Crippen LogP contribution in [0.15, 0.2) is 48.5 Å². The summed E-state index contributed by atoms with van der Waals surface area (Å²) in [4.78, 5) is 14.5. The number of amides is 1. The molecule has 0 saturated carbocycles. The van der Waals surface area contributed by atoms with Crippen molar-refractivity contribution in [2.45, 2.75) is 25.3 Å². The Labute approximate surface area is 152 Å². The van der Waals surface area contributed by atoms with E-state index in [4.69, 9.17) is 0 Å². The minimum absolute atomic E-state index is 0.0713. The third kappa shape index (κ3) is 3.12. The van der Waals surface area contributed by atoms with Gasteiger partial charge in [0.2, 0.25) is 5.91 Å². The van der Waals surface area contributed by atoms with Crippen LogP contribution in [0.4, 0.5) is 8.78 Å². The summed E-state index contributed by atoms with van der Waals surface area (Å²) in [7, 11) is 0. The molecule has 4 rings (SSSR count). The number of rotatable bonds is 3. The summed E-state index contributed by atoms with van der Waals surface area (Å²) in [6, 6.07) is 12.9. The fourth-order valence-electron chi connectivity index (χ4n) is 4.31. The topological polar surface area (TPSA) is 32.3 Å². The highest BCUT2D eigenvalue weighted by molar-refractivity contribution is 5.84. The molecule has 0 aliphatic carbocycles. The summed E-state index contributed by atoms with van der Waals surface area (Å²) in [5.41, 5.74) is 1.72. The van der Waals surface area contributed by atoms with Crippen LogP contribution < -0.4 is 5.32 Å². The first-order chi connectivity index (χ1) is 12.6. The summed E-state index contributed by atoms with van der Waals surface area (Å²) >= 11 is 0. The van der Waals surface area contributed by atoms with Crippen LogP contribution in [-0.4, -0.2) is 30.4 Å². The summed E-state index contributed by atoms with van der Waals surface area (Å²) in [5, 5.41) is 2.96. The zero-order valence-corrected chi connectivity index (χ0v) is 14.6. The molecule has 5 heteroatoms. The third-order valence-corrected chi connectivity index (χ3v) is 5.86. The van der Waals surface area contributed by atoms with E-state index >= 15 is 0 Å². The van der Waals surface area contributed by atoms with E-state index in [-0.39, 0.29) is 29.0 Å². The van der Waals surface area contributed by atoms with Crippen LogP contribution in [0.2, 0.25) is 0 Å². The Balaban J connectivity index is 1.62. The standard InChI is InChI=1S/C21H22F2N2O/c22-17-5-1-15(2-6-17)19(16-3-7-18(23)8-4-16)25-13-10-21(11-14-25)9-12-24-20(21)26/h1-8,19H,9-14H2,(H,24,26). The van der Waals surface area contributed by atoms with Crippen LogP contribution in [-0.2, 0) is 4.79 Å². The highest BCUT2D eigenvalue weighted by Crippen LogP contribution is 2.41. The number of hydrogen-bond donors (Lipinski definition) is 1. The summed E-state index contributed by atoms with van der Waals surface area (Å²) in [6.07, 6.45) is 2.53. The van der Waals surface area contributed by atoms with Crippen molar-refractivity contribution in [2.24, 2.45) is 5.41 Å². The largest absolute Gasteiger partial charge is 0.356 e. The molecule has 2 saturated heterocycles. The van der Waals surface area contributed by atoms with E-state index in [1.54, 1.807) is 24.3 Å². The average molecular weight is 356 g/mol. The van der Waals surface area contributed by atoms with Crippen molar-refractivity contribution in [3.05, 3.63) is 71.3 Å². The van der Waals surface area contributed by atoms with E-state index < -0.39 is 0 Å². The second-order valence-corrected chi connectivity index (χ2v) is 7.33. The number of nitrogens with zero attached hydrogens (tertiary/aromatic N) is 1. The smallest absolute Gasteiger partial charge is 0.226 e. The van der Waals surface area contributed by atoms with Gasteiger partial charge in [-0.1, -0.05) is 24.3 Å². The minimum atomic E-state index is -0.271. The van der Waals surface area contributed by atoms with Crippen molar-refractivity contribution < 1.29 is 13.6 Å². The molecule has 2 aromatic rings. The molecule has 0 aromatic heterocycles. The SMILES string of the molecule is O=C1NCCC12CCN(C(c1ccc(F)cc1)c1ccc(F)cc1)CC2. The first-order valence-corrected chi connectivity index (χ1v) is 9.11. The zero-order valence-electron chi connectivity index (χ0n) is 14.6. The van der Waals surface area contributed by atoms with Crippen molar-refractivity contribution >= 4 is 5.91 Å². The zero-order chi connectivity index (χ0) is 18.1. The van der Waals surface area contributed by atoms with Crippen molar-refractivity contribution in [1.82, 2.24) is 10.2 Å². The number of nitrogens with one attached hydrogen (secondary N) is 1. The summed E-state index contributed by atoms with van der Waals surface area (Å²) in [6.45, 7) is 2.33. The lowest BCUT2D eigenvalue weighted by Gasteiger charge is -2.41. The van der Waals surface area contributed by atoms with Gasteiger partial charge in [0, 0.05) is 19.6 Å². The second kappa shape index (κ2) is 6.80. The lowest BCUT2D eigenvalue weighted by molar-refractivity contribution is -0.130. The van der Waals surface area contributed by atoms with Crippen LogP contribution in [0.1, 0.15) is 36.4 Å². The molecule has 26 heavy (non-hydrogen) atoms. The Kier molecular flexibility index (Phi) is 4.49. The van der Waals surface area contributed by atoms with Crippen molar-refractivity contribution in [3.8, 4) is 0 Å². The number of carbonyl (C=O) groups excluding carboxylic acids is 1. The predicted octanol–water partition coefficient (Wildman–Crippen LogP) is 3.66. The maximum absolute atomic E-state index is 13.4. The van der Waals surface area contributed by atoms with Crippen LogP contribution in [0.5, 0.6) is 0 Å². The first-order valence-electron chi connectivity index (χ1n) is 9.11. The summed E-state index contributed by atoms with van der Waals surface area (Å²) < 4.78 is 26.8. The van der Waals surface area contributed by atoms with Crippen LogP contribution in [0.25, 0.3) is 0 Å². The lowest BCUT2D eigenvalue weighted by Crippen LogP contribution is -2.45. The molecular weight excluding hydrogens is 334 g/mol. The monoisotopic (exact) mass is 356 g/mol. The molecule has 1 spiro atoms. The molecule has 136 valence electrons. The Morgan fingerprint density at radius 1 is 0.846 bits per heavy atom. The van der Waals surface area contributed by atoms with Crippen LogP contribution >= 0.6 is 0 Å². The predicted molar refractivity (Wildman–Crippen MR) is 95.5 cm³/mol. The number of likely N-dealkylation sites (tertiary alicyclic amines) is 1. The molecule has 3 nitrogen and oxygen atoms in total. The molecular formula is C21H22F2N2O. The molecule has 2 aliphatic rings. The molecule has 1 amide bonds. The van der Waals surface area contributed by atoms with Crippen molar-refractivity contribution in [2.75, 3.05) is 19.6 Å². The van der Waals surface area contributed by atoms with Gasteiger partial charge in [-0.2, -0.15) is 0 Å². The first kappa shape index (κ1) is 17.2. The van der Waals surface area contributed by atoms with Gasteiger partial charge >= 0.3 is 0 Å². The molecule has 2 aromatic carbocycles. The van der Waals surface area contributed by atoms with Crippen molar-refractivity contribution in [3.63, 3.8) is 0 Å². The van der Waals surface area contributed by atoms with Gasteiger partial charge in [-0.25, -0.2) is 8.78 Å². The summed E-state index contributed by atoms with van der Waals surface area (Å²) in [5.74, 6) is -0.365. The molecule has 0 bridgehead atoms. The number of halogens is 2. The maximum atomic E-state index is 13.4. The number of hydrogen-bond acceptors (Lipinski definition) is 2. The Bertz CT molecular complexity index is 735. The van der Waals surface area contributed by atoms with Gasteiger partial charge in [0.25, 0.3) is 0 Å². The highest BCUT2D eigenvalue weighted by Gasteiger charge is 2.45. The highest BCUT2D eigenvalue weighted by atomic mass is 19.1. The Morgan fingerprint density at radius 2 is 1.35 bits per heavy atom. The van der Waals surface area contributed by atoms with E-state index in [1.807, 2.05) is 0 Å². The lowest BCUT2D eigenvalue weighted by atomic mass is 9.76. The minimum Gasteiger partial charge on any atom is -0.356 e. The molecule has 2 heterocycles. The fourth-order valence-corrected chi connectivity index (χ4v) is 4.31. The fraction of sp³-hybridized carbons (Fsp3) is 0.381. The normalized spacial score (nSPS) is 19.9. The molecule has 0 radical (unpaired) electrons. The molecule has 1 N–H and O–H groups in total. The van der Waals surface area contributed by atoms with Gasteiger partial charge in [0.15, 0.2) is 0 Å². The Hall–Kier alpha value is -2.27. The molecule has 0 atom stereocenters. The molecule has 2 fully saturated rings. The van der Waals surface area contributed by atoms with E-state index in [0.29, 0.717) is 0 Å². The number of benzene rings is 2. The molecule has 2 aliphatic heterocycles.